The van der Waals surface area contributed by atoms with E-state index in [1.54, 1.807) is 0 Å². The first kappa shape index (κ1) is 33.2. The van der Waals surface area contributed by atoms with Gasteiger partial charge in [0.05, 0.1) is 11.0 Å². The summed E-state index contributed by atoms with van der Waals surface area (Å²) in [6, 6.07) is 75.5. The number of anilines is 3. The van der Waals surface area contributed by atoms with Gasteiger partial charge in [-0.2, -0.15) is 0 Å². The molecule has 0 fully saturated rings. The van der Waals surface area contributed by atoms with Crippen molar-refractivity contribution in [3.63, 3.8) is 0 Å². The fraction of sp³-hybridized carbons (Fsp3) is 0. The van der Waals surface area contributed by atoms with E-state index in [0.717, 1.165) is 22.7 Å². The number of hydrogen-bond donors (Lipinski definition) is 0. The zero-order valence-corrected chi connectivity index (χ0v) is 33.0. The lowest BCUT2D eigenvalue weighted by atomic mass is 10.0. The number of hydrogen-bond acceptors (Lipinski definition) is 3. The van der Waals surface area contributed by atoms with Crippen LogP contribution in [0.3, 0.4) is 0 Å². The van der Waals surface area contributed by atoms with Crippen molar-refractivity contribution < 1.29 is 0 Å². The molecular weight excluding hydrogens is 741 g/mol. The number of fused-ring (bicyclic) bond motifs is 10. The number of nitrogens with zero attached hydrogens (tertiary/aromatic N) is 2. The summed E-state index contributed by atoms with van der Waals surface area (Å²) in [4.78, 5) is 2.40. The lowest BCUT2D eigenvalue weighted by molar-refractivity contribution is 1.18. The first-order chi connectivity index (χ1) is 28.8. The van der Waals surface area contributed by atoms with Gasteiger partial charge in [0.15, 0.2) is 0 Å². The second kappa shape index (κ2) is 13.3. The molecule has 0 radical (unpaired) electrons. The zero-order chi connectivity index (χ0) is 38.2. The quantitative estimate of drug-likeness (QED) is 0.163. The molecule has 3 heterocycles. The number of aromatic nitrogens is 1. The van der Waals surface area contributed by atoms with Crippen LogP contribution >= 0.6 is 22.7 Å². The molecule has 0 aliphatic carbocycles. The topological polar surface area (TPSA) is 8.17 Å². The number of para-hydroxylation sites is 1. The van der Waals surface area contributed by atoms with E-state index in [9.17, 15) is 0 Å². The molecule has 2 nitrogen and oxygen atoms in total. The van der Waals surface area contributed by atoms with Gasteiger partial charge in [-0.05, 0) is 89.0 Å². The van der Waals surface area contributed by atoms with Crippen LogP contribution in [-0.4, -0.2) is 4.57 Å². The van der Waals surface area contributed by atoms with Gasteiger partial charge in [0.1, 0.15) is 0 Å². The molecule has 0 atom stereocenters. The van der Waals surface area contributed by atoms with Crippen molar-refractivity contribution in [1.29, 1.82) is 0 Å². The van der Waals surface area contributed by atoms with Gasteiger partial charge in [-0.25, -0.2) is 0 Å². The van der Waals surface area contributed by atoms with Crippen LogP contribution in [0.15, 0.2) is 206 Å². The minimum atomic E-state index is 1.10. The standard InChI is InChI=1S/C54H34N2S2/c1-3-12-35(13-4-1)36-22-26-39(27-23-36)55(40-28-24-37(25-29-40)42-18-11-19-45-43-16-7-9-20-50(43)57-53(42)45)41-30-31-47-49(34-41)56(38-14-5-2-6-15-38)48-33-32-46-44-17-8-10-21-51(44)58-54(46)52(47)48/h1-34H. The first-order valence-electron chi connectivity index (χ1n) is 19.7. The highest BCUT2D eigenvalue weighted by Gasteiger charge is 2.21. The molecule has 0 bridgehead atoms. The van der Waals surface area contributed by atoms with Gasteiger partial charge in [-0.1, -0.05) is 140 Å². The second-order valence-electron chi connectivity index (χ2n) is 14.9. The Kier molecular flexibility index (Phi) is 7.62. The Balaban J connectivity index is 1.06. The summed E-state index contributed by atoms with van der Waals surface area (Å²) in [7, 11) is 0. The van der Waals surface area contributed by atoms with Crippen molar-refractivity contribution in [1.82, 2.24) is 4.57 Å². The third kappa shape index (κ3) is 5.23. The van der Waals surface area contributed by atoms with Gasteiger partial charge in [-0.15, -0.1) is 22.7 Å². The fourth-order valence-electron chi connectivity index (χ4n) is 8.91. The molecular formula is C54H34N2S2. The van der Waals surface area contributed by atoms with E-state index in [-0.39, 0.29) is 0 Å². The van der Waals surface area contributed by atoms with Gasteiger partial charge in [-0.3, -0.25) is 0 Å². The minimum Gasteiger partial charge on any atom is -0.310 e. The number of thiophene rings is 2. The minimum absolute atomic E-state index is 1.10. The van der Waals surface area contributed by atoms with Gasteiger partial charge in [0.25, 0.3) is 0 Å². The van der Waals surface area contributed by atoms with Gasteiger partial charge < -0.3 is 9.47 Å². The molecule has 0 spiro atoms. The summed E-state index contributed by atoms with van der Waals surface area (Å²) >= 11 is 3.77. The van der Waals surface area contributed by atoms with Gasteiger partial charge in [0, 0.05) is 73.9 Å². The van der Waals surface area contributed by atoms with Crippen molar-refractivity contribution in [3.05, 3.63) is 206 Å². The van der Waals surface area contributed by atoms with E-state index in [1.165, 1.54) is 84.4 Å². The maximum atomic E-state index is 2.45. The molecule has 0 aliphatic heterocycles. The molecule has 58 heavy (non-hydrogen) atoms. The van der Waals surface area contributed by atoms with E-state index in [1.807, 2.05) is 22.7 Å². The molecule has 3 aromatic heterocycles. The molecule has 0 amide bonds. The van der Waals surface area contributed by atoms with E-state index in [4.69, 9.17) is 0 Å². The Bertz CT molecular complexity index is 3480. The van der Waals surface area contributed by atoms with E-state index in [0.29, 0.717) is 0 Å². The molecule has 0 unspecified atom stereocenters. The third-order valence-corrected chi connectivity index (χ3v) is 14.0. The smallest absolute Gasteiger partial charge is 0.0562 e. The van der Waals surface area contributed by atoms with Crippen LogP contribution < -0.4 is 4.90 Å². The van der Waals surface area contributed by atoms with Crippen LogP contribution in [0.5, 0.6) is 0 Å². The summed E-state index contributed by atoms with van der Waals surface area (Å²) < 4.78 is 7.76. The van der Waals surface area contributed by atoms with Crippen LogP contribution in [0.25, 0.3) is 90.1 Å². The van der Waals surface area contributed by atoms with Crippen molar-refractivity contribution in [2.75, 3.05) is 4.90 Å². The summed E-state index contributed by atoms with van der Waals surface area (Å²) in [6.45, 7) is 0. The SMILES string of the molecule is c1ccc(-c2ccc(N(c3ccc(-c4cccc5c4sc4ccccc45)cc3)c3ccc4c5c6sc7ccccc7c6ccc5n(-c5ccccc5)c4c3)cc2)cc1. The van der Waals surface area contributed by atoms with Crippen LogP contribution in [0.2, 0.25) is 0 Å². The Morgan fingerprint density at radius 3 is 1.59 bits per heavy atom. The molecule has 9 aromatic carbocycles. The van der Waals surface area contributed by atoms with Gasteiger partial charge >= 0.3 is 0 Å². The highest BCUT2D eigenvalue weighted by atomic mass is 32.1. The summed E-state index contributed by atoms with van der Waals surface area (Å²) in [5.74, 6) is 0. The fourth-order valence-corrected chi connectivity index (χ4v) is 11.4. The summed E-state index contributed by atoms with van der Waals surface area (Å²) in [5, 5.41) is 7.84. The van der Waals surface area contributed by atoms with Gasteiger partial charge in [0.2, 0.25) is 0 Å². The van der Waals surface area contributed by atoms with E-state index >= 15 is 0 Å². The normalized spacial score (nSPS) is 11.8. The molecule has 0 aliphatic rings. The number of rotatable bonds is 6. The van der Waals surface area contributed by atoms with Crippen molar-refractivity contribution in [2.45, 2.75) is 0 Å². The Morgan fingerprint density at radius 1 is 0.345 bits per heavy atom. The highest BCUT2D eigenvalue weighted by molar-refractivity contribution is 7.27. The van der Waals surface area contributed by atoms with Crippen LogP contribution in [0.4, 0.5) is 17.1 Å². The molecule has 272 valence electrons. The summed E-state index contributed by atoms with van der Waals surface area (Å²) in [6.07, 6.45) is 0. The zero-order valence-electron chi connectivity index (χ0n) is 31.3. The Hall–Kier alpha value is -6.98. The highest BCUT2D eigenvalue weighted by Crippen LogP contribution is 2.46. The molecule has 0 N–H and O–H groups in total. The van der Waals surface area contributed by atoms with Crippen molar-refractivity contribution in [3.8, 4) is 27.9 Å². The maximum absolute atomic E-state index is 2.45. The van der Waals surface area contributed by atoms with E-state index in [2.05, 4.69) is 216 Å². The monoisotopic (exact) mass is 774 g/mol. The average molecular weight is 775 g/mol. The first-order valence-corrected chi connectivity index (χ1v) is 21.3. The van der Waals surface area contributed by atoms with Crippen molar-refractivity contribution in [2.24, 2.45) is 0 Å². The largest absolute Gasteiger partial charge is 0.310 e. The number of benzene rings is 9. The molecule has 4 heteroatoms. The third-order valence-electron chi connectivity index (χ3n) is 11.6. The predicted octanol–water partition coefficient (Wildman–Crippen LogP) is 16.3. The van der Waals surface area contributed by atoms with E-state index < -0.39 is 0 Å². The van der Waals surface area contributed by atoms with Crippen molar-refractivity contribution >= 4 is 102 Å². The molecule has 0 saturated carbocycles. The molecule has 12 rings (SSSR count). The van der Waals surface area contributed by atoms with Crippen LogP contribution in [0, 0.1) is 0 Å². The Morgan fingerprint density at radius 2 is 0.879 bits per heavy atom. The Labute approximate surface area is 343 Å². The lowest BCUT2D eigenvalue weighted by Crippen LogP contribution is -2.10. The predicted molar refractivity (Wildman–Crippen MR) is 252 cm³/mol. The molecule has 12 aromatic rings. The lowest BCUT2D eigenvalue weighted by Gasteiger charge is -2.26. The molecule has 0 saturated heterocycles. The van der Waals surface area contributed by atoms with Crippen LogP contribution in [0.1, 0.15) is 0 Å². The summed E-state index contributed by atoms with van der Waals surface area (Å²) in [5.41, 5.74) is 11.8. The average Bonchev–Trinajstić information content (AvgIpc) is 3.97. The second-order valence-corrected chi connectivity index (χ2v) is 17.0. The van der Waals surface area contributed by atoms with Crippen LogP contribution in [-0.2, 0) is 0 Å². The maximum Gasteiger partial charge on any atom is 0.0562 e.